The quantitative estimate of drug-likeness (QED) is 0.0475. The number of nitrogens with one attached hydrogen (secondary N) is 12. The number of carbonyl (C=O) groups is 19. The molecule has 8 rings (SSSR count). The van der Waals surface area contributed by atoms with E-state index in [2.05, 4.69) is 63.1 Å². The minimum Gasteiger partial charge on any atom is -0.481 e. The molecule has 4 aliphatic heterocycles. The number of aliphatic hydroxyl groups excluding tert-OH is 1. The van der Waals surface area contributed by atoms with E-state index in [0.29, 0.717) is 39.4 Å². The third kappa shape index (κ3) is 30.5. The fourth-order valence-corrected chi connectivity index (χ4v) is 18.4. The summed E-state index contributed by atoms with van der Waals surface area (Å²) in [6.07, 6.45) is -1.40. The Hall–Kier alpha value is -11.2. The molecule has 43 heteroatoms. The fraction of sp³-hybridized carbons (Fsp3) is 0.593. The maximum Gasteiger partial charge on any atom is 0.305 e. The Morgan fingerprint density at radius 3 is 1.58 bits per heavy atom. The number of aromatic nitrogens is 2. The molecule has 0 spiro atoms. The van der Waals surface area contributed by atoms with E-state index in [-0.39, 0.29) is 138 Å². The normalized spacial score (nSPS) is 24.7. The van der Waals surface area contributed by atoms with E-state index in [9.17, 15) is 91.7 Å². The van der Waals surface area contributed by atoms with Gasteiger partial charge in [-0.3, -0.25) is 91.1 Å². The average molecular weight is 1860 g/mol. The van der Waals surface area contributed by atoms with Crippen LogP contribution in [0.2, 0.25) is 0 Å². The maximum atomic E-state index is 15.4. The summed E-state index contributed by atoms with van der Waals surface area (Å²) in [7, 11) is 1.38. The van der Waals surface area contributed by atoms with Crippen LogP contribution in [0.15, 0.2) is 60.9 Å². The first-order valence-corrected chi connectivity index (χ1v) is 47.0. The predicted octanol–water partition coefficient (Wildman–Crippen LogP) is -2.16. The molecule has 6 heterocycles. The zero-order valence-electron chi connectivity index (χ0n) is 74.0. The summed E-state index contributed by atoms with van der Waals surface area (Å²) in [4.78, 5) is 285. The molecule has 18 N–H and O–H groups in total. The molecule has 13 atom stereocenters. The number of primary amides is 1. The van der Waals surface area contributed by atoms with Crippen LogP contribution in [0.3, 0.4) is 0 Å². The second-order valence-corrected chi connectivity index (χ2v) is 36.9. The Labute approximate surface area is 760 Å². The van der Waals surface area contributed by atoms with Crippen molar-refractivity contribution in [3.05, 3.63) is 72.1 Å². The Kier molecular flexibility index (Phi) is 40.1. The number of para-hydroxylation sites is 2. The number of ketones is 2. The van der Waals surface area contributed by atoms with Crippen LogP contribution >= 0.6 is 35.3 Å². The highest BCUT2D eigenvalue weighted by Gasteiger charge is 2.43. The van der Waals surface area contributed by atoms with E-state index in [4.69, 9.17) is 11.5 Å². The van der Waals surface area contributed by atoms with Crippen molar-refractivity contribution < 1.29 is 101 Å². The Morgan fingerprint density at radius 1 is 0.558 bits per heavy atom. The van der Waals surface area contributed by atoms with E-state index >= 15 is 9.59 Å². The number of fused-ring (bicyclic) bond motifs is 12. The summed E-state index contributed by atoms with van der Waals surface area (Å²) in [5.74, 6) is -20.5. The summed E-state index contributed by atoms with van der Waals surface area (Å²) in [5, 5.41) is 48.9. The van der Waals surface area contributed by atoms with Gasteiger partial charge in [0.15, 0.2) is 11.6 Å². The first-order valence-electron chi connectivity index (χ1n) is 43.5. The van der Waals surface area contributed by atoms with E-state index < -0.39 is 235 Å². The lowest BCUT2D eigenvalue weighted by atomic mass is 9.92. The lowest BCUT2D eigenvalue weighted by molar-refractivity contribution is -0.143. The number of aromatic amines is 2. The van der Waals surface area contributed by atoms with E-state index in [1.54, 1.807) is 81.7 Å². The molecular formula is C86H123N19O21S3. The van der Waals surface area contributed by atoms with Gasteiger partial charge in [-0.2, -0.15) is 35.3 Å². The number of rotatable bonds is 19. The van der Waals surface area contributed by atoms with E-state index in [1.807, 2.05) is 0 Å². The number of benzene rings is 2. The molecule has 4 bridgehead atoms. The number of carboxylic acid groups (broad SMARTS) is 1. The Balaban J connectivity index is 1.16. The van der Waals surface area contributed by atoms with Gasteiger partial charge in [0.05, 0.1) is 37.6 Å². The average Bonchev–Trinajstić information content (AvgIpc) is 1.72. The monoisotopic (exact) mass is 1850 g/mol. The van der Waals surface area contributed by atoms with Crippen molar-refractivity contribution in [3.8, 4) is 0 Å². The van der Waals surface area contributed by atoms with Gasteiger partial charge in [-0.05, 0) is 68.2 Å². The van der Waals surface area contributed by atoms with Crippen molar-refractivity contribution in [2.75, 3.05) is 107 Å². The number of H-pyrrole nitrogens is 2. The van der Waals surface area contributed by atoms with Crippen LogP contribution in [-0.2, 0) is 104 Å². The first-order chi connectivity index (χ1) is 61.4. The molecule has 0 radical (unpaired) electrons. The smallest absolute Gasteiger partial charge is 0.305 e. The second kappa shape index (κ2) is 50.1. The van der Waals surface area contributed by atoms with Crippen molar-refractivity contribution >= 4 is 169 Å². The number of likely N-dealkylation sites (N-methyl/N-ethyl adjacent to an activating group) is 1. The zero-order valence-corrected chi connectivity index (χ0v) is 76.4. The van der Waals surface area contributed by atoms with Crippen LogP contribution in [0.1, 0.15) is 124 Å². The summed E-state index contributed by atoms with van der Waals surface area (Å²) in [6.45, 7) is 9.04. The van der Waals surface area contributed by atoms with Gasteiger partial charge < -0.3 is 109 Å². The minimum absolute atomic E-state index is 0.0215. The number of hydrogen-bond acceptors (Lipinski definition) is 24. The summed E-state index contributed by atoms with van der Waals surface area (Å²) >= 11 is 3.23. The van der Waals surface area contributed by atoms with Crippen LogP contribution in [0.5, 0.6) is 0 Å². The number of carbonyl (C=O) groups excluding carboxylic acids is 18. The predicted molar refractivity (Wildman–Crippen MR) is 481 cm³/mol. The number of carboxylic acids is 1. The van der Waals surface area contributed by atoms with Gasteiger partial charge in [-0.15, -0.1) is 0 Å². The van der Waals surface area contributed by atoms with Gasteiger partial charge in [-0.1, -0.05) is 71.0 Å². The molecule has 2 aromatic carbocycles. The Morgan fingerprint density at radius 2 is 1.06 bits per heavy atom. The number of thioether (sulfide) groups is 3. The van der Waals surface area contributed by atoms with Crippen LogP contribution in [0.4, 0.5) is 0 Å². The molecule has 40 nitrogen and oxygen atoms in total. The van der Waals surface area contributed by atoms with Gasteiger partial charge in [-0.25, -0.2) is 0 Å². The number of amides is 16. The summed E-state index contributed by atoms with van der Waals surface area (Å²) < 4.78 is 0. The summed E-state index contributed by atoms with van der Waals surface area (Å²) in [6, 6.07) is -1.01. The van der Waals surface area contributed by atoms with Gasteiger partial charge in [0, 0.05) is 185 Å². The van der Waals surface area contributed by atoms with Crippen LogP contribution in [-0.4, -0.2) is 330 Å². The number of aliphatic hydroxyl groups is 1. The molecule has 2 aromatic heterocycles. The molecule has 16 amide bonds. The summed E-state index contributed by atoms with van der Waals surface area (Å²) in [5.41, 5.74) is 13.8. The maximum absolute atomic E-state index is 15.4. The lowest BCUT2D eigenvalue weighted by Crippen LogP contribution is -2.61. The number of Topliss-reactive ketones (excluding diaryl/α,β-unsaturated/α-hetero) is 2. The van der Waals surface area contributed by atoms with Crippen molar-refractivity contribution in [3.63, 3.8) is 0 Å². The molecule has 4 aliphatic rings. The second-order valence-electron chi connectivity index (χ2n) is 33.4. The number of aliphatic carboxylic acids is 1. The fourth-order valence-electron chi connectivity index (χ4n) is 15.4. The van der Waals surface area contributed by atoms with Gasteiger partial charge in [0.1, 0.15) is 54.4 Å². The highest BCUT2D eigenvalue weighted by atomic mass is 32.2. The minimum atomic E-state index is -1.94. The van der Waals surface area contributed by atoms with Crippen LogP contribution < -0.4 is 64.6 Å². The molecule has 4 fully saturated rings. The van der Waals surface area contributed by atoms with Crippen molar-refractivity contribution in [2.24, 2.45) is 35.1 Å². The lowest BCUT2D eigenvalue weighted by Gasteiger charge is -2.32. The van der Waals surface area contributed by atoms with Crippen molar-refractivity contribution in [2.45, 2.75) is 192 Å². The molecule has 4 saturated heterocycles. The van der Waals surface area contributed by atoms with Gasteiger partial charge >= 0.3 is 5.97 Å². The van der Waals surface area contributed by atoms with Crippen molar-refractivity contribution in [1.82, 2.24) is 87.6 Å². The van der Waals surface area contributed by atoms with E-state index in [0.717, 1.165) is 40.2 Å². The molecule has 706 valence electrons. The third-order valence-electron chi connectivity index (χ3n) is 23.1. The molecule has 0 saturated carbocycles. The SMILES string of the molecule is CC[C@@H]1CC(=O)[C@H]([C@@H](C)O)NC(=O)[C@@H](CC(=O)[C@H](C)NC(=O)CN(C)C(=O)CCN)CSCCC(=O)N2CCN3CCN(CC2)C(=O)CCSC[C@H](NC1=O)C(=O)N[C@@H](Cc1c[nH]c2ccccc12)C(=O)N[C@@H](C(C)C)C(=O)N[C@@H](CC(=O)O)C(=O)NCC(=O)N[C@@H](Cc1c[nH]c2ccccc12)C(=O)N[C@@H](C(C)C)C(=O)N1CCC[C@H]1C(=O)N[C@H](C(N)=O)CSCCC3=O. The molecule has 0 unspecified atom stereocenters. The number of nitrogens with two attached hydrogens (primary N) is 2. The van der Waals surface area contributed by atoms with Crippen LogP contribution in [0, 0.1) is 23.7 Å². The highest BCUT2D eigenvalue weighted by Crippen LogP contribution is 2.27. The molecule has 0 aliphatic carbocycles. The van der Waals surface area contributed by atoms with E-state index in [1.165, 1.54) is 54.3 Å². The molecular weight excluding hydrogens is 1730 g/mol. The number of hydrogen-bond donors (Lipinski definition) is 16. The first kappa shape index (κ1) is 103. The van der Waals surface area contributed by atoms with Gasteiger partial charge in [0.2, 0.25) is 94.5 Å². The van der Waals surface area contributed by atoms with Crippen LogP contribution in [0.25, 0.3) is 21.8 Å². The Bertz CT molecular complexity index is 4720. The van der Waals surface area contributed by atoms with Gasteiger partial charge in [0.25, 0.3) is 0 Å². The highest BCUT2D eigenvalue weighted by molar-refractivity contribution is 7.99. The molecule has 4 aromatic rings. The zero-order chi connectivity index (χ0) is 94.5. The van der Waals surface area contributed by atoms with Crippen molar-refractivity contribution in [1.29, 1.82) is 0 Å². The third-order valence-corrected chi connectivity index (χ3v) is 26.3. The number of nitrogens with zero attached hydrogens (tertiary/aromatic N) is 5. The standard InChI is InChI=1S/C86H123N19O21S3/c1-9-51-37-66(108)76(50(7)106)100-79(119)54(38-65(107)49(6)92-68(110)43-101(8)69(111)20-24-87)44-127-32-21-70(112)102-26-28-103-30-31-104(29-27-102)72(114)23-34-129-46-63(97-78(51)118)83(123)94-60(36-53-41-90-58-18-13-11-16-56(53)58)82(122)98-74(47(2)3)85(125)95-61(39-73(115)116)80(120)91-42-67(109)93-59(35-52-40-89-57-17-12-10-15-55(52)57)81(121)99-75(48(4)5)86(126)105-25-14-19-64(105)84(124)96-62(77(88)117)45-128-33-22-71(103)113/h10-13,15-18,40-41,47-51,54,59-64,74-76,89-90,106H,9,14,19-39,42-46,87H2,1-8H3,(H2,88,117)(H,91,120)(H,92,110)(H,93,109)(H,94,123)(H,95,125)(H,96,124)(H,97,118)(H,98,122)(H,99,121)(H,100,119)(H,115,116)/t49-,50+,51+,54-,59-,60-,61-,62-,63-,64-,74-,75-,76-/m0/s1. The molecule has 129 heavy (non-hydrogen) atoms. The largest absolute Gasteiger partial charge is 0.481 e. The topological polar surface area (TPSA) is 585 Å².